The molecule has 0 saturated heterocycles. The van der Waals surface area contributed by atoms with Crippen LogP contribution in [0.2, 0.25) is 5.02 Å². The van der Waals surface area contributed by atoms with Crippen LogP contribution < -0.4 is 4.72 Å². The predicted octanol–water partition coefficient (Wildman–Crippen LogP) is 4.25. The van der Waals surface area contributed by atoms with Crippen molar-refractivity contribution in [2.45, 2.75) is 36.6 Å². The Bertz CT molecular complexity index is 1020. The van der Waals surface area contributed by atoms with Crippen molar-refractivity contribution in [3.05, 3.63) is 63.7 Å². The van der Waals surface area contributed by atoms with Gasteiger partial charge in [0.1, 0.15) is 4.90 Å². The van der Waals surface area contributed by atoms with Gasteiger partial charge in [-0.05, 0) is 54.5 Å². The molecule has 2 aromatic rings. The van der Waals surface area contributed by atoms with E-state index in [0.29, 0.717) is 24.6 Å². The molecule has 0 spiro atoms. The van der Waals surface area contributed by atoms with E-state index in [4.69, 9.17) is 11.6 Å². The molecule has 1 unspecified atom stereocenters. The van der Waals surface area contributed by atoms with Crippen molar-refractivity contribution in [3.8, 4) is 0 Å². The summed E-state index contributed by atoms with van der Waals surface area (Å²) in [5.41, 5.74) is 4.33. The minimum Gasteiger partial charge on any atom is -0.296 e. The molecule has 0 radical (unpaired) electrons. The Morgan fingerprint density at radius 2 is 1.83 bits per heavy atom. The third kappa shape index (κ3) is 4.44. The summed E-state index contributed by atoms with van der Waals surface area (Å²) in [6.07, 6.45) is 3.82. The second-order valence-electron chi connectivity index (χ2n) is 7.28. The molecule has 1 aliphatic carbocycles. The fourth-order valence-corrected chi connectivity index (χ4v) is 5.89. The van der Waals surface area contributed by atoms with Crippen LogP contribution in [0, 0.1) is 11.6 Å². The molecule has 0 fully saturated rings. The summed E-state index contributed by atoms with van der Waals surface area (Å²) < 4.78 is 53.7. The first-order chi connectivity index (χ1) is 13.4. The Hall–Kier alpha value is -1.25. The number of halogens is 4. The van der Waals surface area contributed by atoms with Crippen LogP contribution in [0.15, 0.2) is 35.2 Å². The van der Waals surface area contributed by atoms with Gasteiger partial charge in [0.15, 0.2) is 11.6 Å². The van der Waals surface area contributed by atoms with Crippen LogP contribution in [-0.4, -0.2) is 33.0 Å². The lowest BCUT2D eigenvalue weighted by Gasteiger charge is -2.35. The fraction of sp³-hybridized carbons (Fsp3) is 0.400. The first-order valence-corrected chi connectivity index (χ1v) is 11.2. The van der Waals surface area contributed by atoms with E-state index >= 15 is 0 Å². The minimum absolute atomic E-state index is 0. The number of hydrogen-bond donors (Lipinski definition) is 1. The summed E-state index contributed by atoms with van der Waals surface area (Å²) in [4.78, 5) is 1.97. The molecule has 2 aliphatic rings. The second-order valence-corrected chi connectivity index (χ2v) is 9.42. The van der Waals surface area contributed by atoms with E-state index in [9.17, 15) is 17.2 Å². The van der Waals surface area contributed by atoms with Gasteiger partial charge in [0.2, 0.25) is 10.0 Å². The Morgan fingerprint density at radius 1 is 1.14 bits per heavy atom. The summed E-state index contributed by atoms with van der Waals surface area (Å²) >= 11 is 5.78. The van der Waals surface area contributed by atoms with Crippen LogP contribution in [0.3, 0.4) is 0 Å². The van der Waals surface area contributed by atoms with Crippen LogP contribution >= 0.6 is 24.0 Å². The van der Waals surface area contributed by atoms with E-state index in [1.807, 2.05) is 0 Å². The van der Waals surface area contributed by atoms with Crippen LogP contribution in [0.5, 0.6) is 0 Å². The highest BCUT2D eigenvalue weighted by atomic mass is 35.5. The van der Waals surface area contributed by atoms with Gasteiger partial charge in [-0.15, -0.1) is 12.4 Å². The third-order valence-electron chi connectivity index (χ3n) is 5.59. The molecule has 2 aromatic carbocycles. The molecule has 1 aliphatic heterocycles. The zero-order chi connectivity index (χ0) is 19.9. The summed E-state index contributed by atoms with van der Waals surface area (Å²) in [5, 5.41) is -0.336. The zero-order valence-corrected chi connectivity index (χ0v) is 18.0. The average Bonchev–Trinajstić information content (AvgIpc) is 3.09. The summed E-state index contributed by atoms with van der Waals surface area (Å²) in [7, 11) is -4.00. The number of benzene rings is 2. The Morgan fingerprint density at radius 3 is 2.59 bits per heavy atom. The molecule has 4 nitrogen and oxygen atoms in total. The SMILES string of the molecule is Cl.O=S(=O)(NCCCN1CCc2cccc3c2C1CC3)c1cc(F)c(F)cc1Cl. The van der Waals surface area contributed by atoms with Gasteiger partial charge >= 0.3 is 0 Å². The van der Waals surface area contributed by atoms with Crippen LogP contribution in [-0.2, 0) is 22.9 Å². The van der Waals surface area contributed by atoms with E-state index in [-0.39, 0.29) is 24.0 Å². The van der Waals surface area contributed by atoms with Crippen molar-refractivity contribution in [2.24, 2.45) is 0 Å². The van der Waals surface area contributed by atoms with Gasteiger partial charge in [-0.2, -0.15) is 0 Å². The molecule has 29 heavy (non-hydrogen) atoms. The number of nitrogens with one attached hydrogen (secondary N) is 1. The van der Waals surface area contributed by atoms with E-state index < -0.39 is 26.6 Å². The van der Waals surface area contributed by atoms with Crippen molar-refractivity contribution >= 4 is 34.0 Å². The van der Waals surface area contributed by atoms with Crippen LogP contribution in [0.25, 0.3) is 0 Å². The molecule has 0 amide bonds. The zero-order valence-electron chi connectivity index (χ0n) is 15.6. The molecule has 1 heterocycles. The molecule has 1 N–H and O–H groups in total. The highest BCUT2D eigenvalue weighted by Crippen LogP contribution is 2.41. The molecule has 0 aromatic heterocycles. The Kier molecular flexibility index (Phi) is 6.85. The number of aryl methyl sites for hydroxylation is 1. The molecule has 0 saturated carbocycles. The van der Waals surface area contributed by atoms with Crippen LogP contribution in [0.4, 0.5) is 8.78 Å². The molecule has 1 atom stereocenters. The number of sulfonamides is 1. The van der Waals surface area contributed by atoms with E-state index in [1.165, 1.54) is 16.7 Å². The highest BCUT2D eigenvalue weighted by molar-refractivity contribution is 7.89. The van der Waals surface area contributed by atoms with Crippen LogP contribution in [0.1, 0.15) is 35.6 Å². The van der Waals surface area contributed by atoms with Gasteiger partial charge < -0.3 is 0 Å². The average molecular weight is 463 g/mol. The van der Waals surface area contributed by atoms with Crippen molar-refractivity contribution in [3.63, 3.8) is 0 Å². The smallest absolute Gasteiger partial charge is 0.242 e. The summed E-state index contributed by atoms with van der Waals surface area (Å²) in [6.45, 7) is 1.94. The summed E-state index contributed by atoms with van der Waals surface area (Å²) in [5.74, 6) is -2.42. The number of hydrogen-bond acceptors (Lipinski definition) is 3. The molecule has 9 heteroatoms. The topological polar surface area (TPSA) is 49.4 Å². The van der Waals surface area contributed by atoms with Gasteiger partial charge in [0.25, 0.3) is 0 Å². The standard InChI is InChI=1S/C20H21ClF2N2O2S.ClH/c21-15-11-16(22)17(23)12-19(15)28(26,27)24-8-2-9-25-10-7-14-4-1-3-13-5-6-18(25)20(13)14;/h1,3-4,11-12,18,24H,2,5-10H2;1H. The van der Waals surface area contributed by atoms with Crippen molar-refractivity contribution in [1.29, 1.82) is 0 Å². The largest absolute Gasteiger partial charge is 0.296 e. The fourth-order valence-electron chi connectivity index (χ4n) is 4.30. The maximum absolute atomic E-state index is 13.4. The van der Waals surface area contributed by atoms with E-state index in [0.717, 1.165) is 32.4 Å². The molecular formula is C20H22Cl2F2N2O2S. The molecule has 4 rings (SSSR count). The third-order valence-corrected chi connectivity index (χ3v) is 7.52. The normalized spacial score (nSPS) is 18.4. The minimum atomic E-state index is -4.00. The Balaban J connectivity index is 0.00000240. The monoisotopic (exact) mass is 462 g/mol. The maximum atomic E-state index is 13.4. The van der Waals surface area contributed by atoms with Gasteiger partial charge in [-0.25, -0.2) is 21.9 Å². The van der Waals surface area contributed by atoms with E-state index in [1.54, 1.807) is 0 Å². The van der Waals surface area contributed by atoms with Crippen molar-refractivity contribution in [1.82, 2.24) is 9.62 Å². The summed E-state index contributed by atoms with van der Waals surface area (Å²) in [6, 6.07) is 8.23. The van der Waals surface area contributed by atoms with Crippen molar-refractivity contribution < 1.29 is 17.2 Å². The quantitative estimate of drug-likeness (QED) is 0.515. The maximum Gasteiger partial charge on any atom is 0.242 e. The number of rotatable bonds is 6. The van der Waals surface area contributed by atoms with Crippen molar-refractivity contribution in [2.75, 3.05) is 19.6 Å². The first-order valence-electron chi connectivity index (χ1n) is 9.36. The van der Waals surface area contributed by atoms with E-state index in [2.05, 4.69) is 27.8 Å². The lowest BCUT2D eigenvalue weighted by atomic mass is 9.93. The first kappa shape index (κ1) is 22.4. The van der Waals surface area contributed by atoms with Gasteiger partial charge in [0, 0.05) is 25.7 Å². The lowest BCUT2D eigenvalue weighted by Crippen LogP contribution is -2.36. The molecule has 0 bridgehead atoms. The second kappa shape index (κ2) is 8.86. The highest BCUT2D eigenvalue weighted by Gasteiger charge is 2.32. The Labute approximate surface area is 180 Å². The lowest BCUT2D eigenvalue weighted by molar-refractivity contribution is 0.184. The molecular weight excluding hydrogens is 441 g/mol. The van der Waals surface area contributed by atoms with Gasteiger partial charge in [-0.1, -0.05) is 29.8 Å². The van der Waals surface area contributed by atoms with Gasteiger partial charge in [0.05, 0.1) is 5.02 Å². The molecule has 158 valence electrons. The number of nitrogens with zero attached hydrogens (tertiary/aromatic N) is 1. The van der Waals surface area contributed by atoms with Gasteiger partial charge in [-0.3, -0.25) is 4.90 Å². The predicted molar refractivity (Wildman–Crippen MR) is 111 cm³/mol.